The molecule has 0 unspecified atom stereocenters. The third kappa shape index (κ3) is 2.48. The van der Waals surface area contributed by atoms with E-state index in [2.05, 4.69) is 69.2 Å². The fourth-order valence-corrected chi connectivity index (χ4v) is 8.87. The molecule has 0 saturated heterocycles. The van der Waals surface area contributed by atoms with Crippen molar-refractivity contribution in [3.8, 4) is 0 Å². The number of hydrogen-bond acceptors (Lipinski definition) is 0. The van der Waals surface area contributed by atoms with Gasteiger partial charge in [-0.25, -0.2) is 0 Å². The summed E-state index contributed by atoms with van der Waals surface area (Å²) in [5, 5.41) is 0. The monoisotopic (exact) mass is 423 g/mol. The summed E-state index contributed by atoms with van der Waals surface area (Å²) < 4.78 is 3.59. The van der Waals surface area contributed by atoms with Crippen LogP contribution in [0.25, 0.3) is 0 Å². The molecule has 0 atom stereocenters. The maximum atomic E-state index is 2.43. The van der Waals surface area contributed by atoms with E-state index in [1.165, 1.54) is 0 Å². The Bertz CT molecular complexity index is 581. The van der Waals surface area contributed by atoms with E-state index in [-0.39, 0.29) is 12.3 Å². The molecule has 0 bridgehead atoms. The fraction of sp³-hybridized carbons (Fsp3) is 0.600. The van der Waals surface area contributed by atoms with Gasteiger partial charge < -0.3 is 1.43 Å². The Morgan fingerprint density at radius 3 is 1.05 bits per heavy atom. The molecule has 0 N–H and O–H groups in total. The van der Waals surface area contributed by atoms with Crippen LogP contribution in [-0.2, 0) is 0 Å². The van der Waals surface area contributed by atoms with Gasteiger partial charge in [-0.05, 0) is 0 Å². The van der Waals surface area contributed by atoms with Crippen LogP contribution in [0.15, 0.2) is 36.0 Å². The van der Waals surface area contributed by atoms with Gasteiger partial charge >= 0.3 is 152 Å². The van der Waals surface area contributed by atoms with Crippen molar-refractivity contribution < 1.29 is 37.7 Å². The summed E-state index contributed by atoms with van der Waals surface area (Å²) in [5.41, 5.74) is 10.0. The first kappa shape index (κ1) is 17.6. The van der Waals surface area contributed by atoms with E-state index in [0.717, 1.165) is 0 Å². The Morgan fingerprint density at radius 2 is 0.857 bits per heavy atom. The summed E-state index contributed by atoms with van der Waals surface area (Å²) in [6.07, 6.45) is 0. The minimum Gasteiger partial charge on any atom is -1.00 e. The van der Waals surface area contributed by atoms with Crippen LogP contribution in [-0.4, -0.2) is 0 Å². The molecule has 0 aromatic heterocycles. The molecule has 0 aromatic carbocycles. The third-order valence-corrected chi connectivity index (χ3v) is 12.7. The van der Waals surface area contributed by atoms with Crippen molar-refractivity contribution in [3.63, 3.8) is 0 Å². The van der Waals surface area contributed by atoms with Crippen molar-refractivity contribution in [2.45, 2.75) is 69.2 Å². The maximum absolute atomic E-state index is 2.43. The van der Waals surface area contributed by atoms with E-state index >= 15 is 0 Å². The van der Waals surface area contributed by atoms with E-state index < -0.39 is 36.3 Å². The first-order chi connectivity index (χ1) is 9.44. The molecule has 0 spiro atoms. The molecule has 0 saturated carbocycles. The zero-order valence-electron chi connectivity index (χ0n) is 16.4. The molecule has 0 radical (unpaired) electrons. The molecule has 2 aliphatic rings. The van der Waals surface area contributed by atoms with Crippen LogP contribution >= 0.6 is 0 Å². The van der Waals surface area contributed by atoms with E-state index in [4.69, 9.17) is 0 Å². The van der Waals surface area contributed by atoms with Gasteiger partial charge in [0.1, 0.15) is 0 Å². The molecule has 117 valence electrons. The van der Waals surface area contributed by atoms with Crippen molar-refractivity contribution in [1.29, 1.82) is 0 Å². The van der Waals surface area contributed by atoms with E-state index in [1.54, 1.807) is 36.0 Å². The second-order valence-corrected chi connectivity index (χ2v) is 11.0. The average molecular weight is 422 g/mol. The van der Waals surface area contributed by atoms with E-state index in [0.29, 0.717) is 0 Å². The van der Waals surface area contributed by atoms with Gasteiger partial charge in [0.2, 0.25) is 0 Å². The maximum Gasteiger partial charge on any atom is -1.00 e. The van der Waals surface area contributed by atoms with Gasteiger partial charge in [-0.1, -0.05) is 0 Å². The molecule has 0 heterocycles. The molecular formula is C20H31Sm. The van der Waals surface area contributed by atoms with Gasteiger partial charge in [0, 0.05) is 0 Å². The Labute approximate surface area is 152 Å². The summed E-state index contributed by atoms with van der Waals surface area (Å²) in [4.78, 5) is 0. The summed E-state index contributed by atoms with van der Waals surface area (Å²) in [7, 11) is 0. The summed E-state index contributed by atoms with van der Waals surface area (Å²) >= 11 is -0.694. The minimum atomic E-state index is -0.694. The van der Waals surface area contributed by atoms with Crippen LogP contribution in [0.2, 0.25) is 0 Å². The van der Waals surface area contributed by atoms with E-state index in [9.17, 15) is 0 Å². The average Bonchev–Trinajstić information content (AvgIpc) is 2.63. The largest absolute Gasteiger partial charge is 1.00 e. The predicted octanol–water partition coefficient (Wildman–Crippen LogP) is 6.48. The molecule has 0 aliphatic heterocycles. The Morgan fingerprint density at radius 1 is 0.571 bits per heavy atom. The number of rotatable bonds is 2. The SMILES string of the molecule is CC1=C(C)C(C)(C)[C]([Sm+][C]2=C(C)C(C)=C(C)C2(C)C)=C1C.[H-]. The standard InChI is InChI=1S/2C10H15.Sm.H/c2*1-7-6-10(4,5)9(3)8(7)2;;/h2*1-5H3;;/q;;+1;-1. The smallest absolute Gasteiger partial charge is 1.00 e. The number of allylic oxidation sites excluding steroid dienone is 8. The van der Waals surface area contributed by atoms with Crippen LogP contribution in [0.5, 0.6) is 0 Å². The topological polar surface area (TPSA) is 0 Å². The van der Waals surface area contributed by atoms with Crippen LogP contribution < -0.4 is 0 Å². The van der Waals surface area contributed by atoms with Crippen LogP contribution in [0.3, 0.4) is 0 Å². The molecule has 0 amide bonds. The zero-order valence-corrected chi connectivity index (χ0v) is 18.0. The van der Waals surface area contributed by atoms with E-state index in [1.807, 2.05) is 0 Å². The molecule has 0 nitrogen and oxygen atoms in total. The second-order valence-electron chi connectivity index (χ2n) is 7.76. The van der Waals surface area contributed by atoms with Gasteiger partial charge in [-0.15, -0.1) is 0 Å². The summed E-state index contributed by atoms with van der Waals surface area (Å²) in [5.74, 6) is 0. The second kappa shape index (κ2) is 5.43. The number of hydrogen-bond donors (Lipinski definition) is 0. The Balaban J connectivity index is 0.00000242. The van der Waals surface area contributed by atoms with Gasteiger partial charge in [0.05, 0.1) is 0 Å². The van der Waals surface area contributed by atoms with Gasteiger partial charge in [0.15, 0.2) is 0 Å². The fourth-order valence-electron chi connectivity index (χ4n) is 3.63. The Hall–Kier alpha value is 0.298. The first-order valence-corrected chi connectivity index (χ1v) is 10.5. The molecule has 0 aromatic rings. The molecule has 0 fully saturated rings. The van der Waals surface area contributed by atoms with Crippen LogP contribution in [0.4, 0.5) is 0 Å². The van der Waals surface area contributed by atoms with Gasteiger partial charge in [-0.2, -0.15) is 0 Å². The first-order valence-electron chi connectivity index (χ1n) is 7.91. The normalized spacial score (nSPS) is 24.7. The van der Waals surface area contributed by atoms with Crippen molar-refractivity contribution in [2.24, 2.45) is 10.8 Å². The molecule has 2 rings (SSSR count). The van der Waals surface area contributed by atoms with Crippen LogP contribution in [0, 0.1) is 47.1 Å². The third-order valence-electron chi connectivity index (χ3n) is 6.15. The zero-order chi connectivity index (χ0) is 16.3. The molecular weight excluding hydrogens is 391 g/mol. The van der Waals surface area contributed by atoms with Gasteiger partial charge in [-0.3, -0.25) is 0 Å². The summed E-state index contributed by atoms with van der Waals surface area (Å²) in [6.45, 7) is 23.7. The van der Waals surface area contributed by atoms with Crippen LogP contribution in [0.1, 0.15) is 70.7 Å². The Kier molecular flexibility index (Phi) is 4.57. The summed E-state index contributed by atoms with van der Waals surface area (Å²) in [6, 6.07) is 0. The van der Waals surface area contributed by atoms with Crippen molar-refractivity contribution >= 4 is 0 Å². The quantitative estimate of drug-likeness (QED) is 0.478. The van der Waals surface area contributed by atoms with Gasteiger partial charge in [0.25, 0.3) is 0 Å². The van der Waals surface area contributed by atoms with Crippen molar-refractivity contribution in [3.05, 3.63) is 36.0 Å². The molecule has 1 heteroatoms. The molecule has 2 aliphatic carbocycles. The minimum absolute atomic E-state index is 0. The van der Waals surface area contributed by atoms with Crippen molar-refractivity contribution in [2.75, 3.05) is 0 Å². The predicted molar refractivity (Wildman–Crippen MR) is 90.8 cm³/mol. The molecule has 21 heavy (non-hydrogen) atoms. The van der Waals surface area contributed by atoms with Crippen molar-refractivity contribution in [1.82, 2.24) is 0 Å².